The fraction of sp³-hybridized carbons (Fsp3) is 0.139. The van der Waals surface area contributed by atoms with Gasteiger partial charge in [-0.15, -0.1) is 0 Å². The van der Waals surface area contributed by atoms with E-state index in [0.29, 0.717) is 44.4 Å². The van der Waals surface area contributed by atoms with Gasteiger partial charge < -0.3 is 14.8 Å². The maximum atomic E-state index is 14.0. The van der Waals surface area contributed by atoms with Crippen LogP contribution in [0.2, 0.25) is 0 Å². The van der Waals surface area contributed by atoms with Gasteiger partial charge in [0.1, 0.15) is 18.1 Å². The van der Waals surface area contributed by atoms with E-state index >= 15 is 0 Å². The van der Waals surface area contributed by atoms with E-state index in [4.69, 9.17) is 14.5 Å². The maximum Gasteiger partial charge on any atom is 0.271 e. The van der Waals surface area contributed by atoms with Crippen LogP contribution in [0.15, 0.2) is 124 Å². The Bertz CT molecular complexity index is 2140. The van der Waals surface area contributed by atoms with Crippen LogP contribution in [0.1, 0.15) is 36.6 Å². The van der Waals surface area contributed by atoms with Crippen LogP contribution in [0.4, 0.5) is 11.4 Å². The summed E-state index contributed by atoms with van der Waals surface area (Å²) in [6, 6.07) is 29.4. The van der Waals surface area contributed by atoms with Crippen molar-refractivity contribution in [1.82, 2.24) is 4.57 Å². The maximum absolute atomic E-state index is 14.0. The van der Waals surface area contributed by atoms with Crippen molar-refractivity contribution in [3.05, 3.63) is 161 Å². The molecule has 10 nitrogen and oxygen atoms in total. The number of nitro groups is 1. The highest BCUT2D eigenvalue weighted by Gasteiger charge is 2.32. The molecule has 236 valence electrons. The number of allylic oxidation sites excluding steroid dienone is 1. The second-order valence-electron chi connectivity index (χ2n) is 10.7. The van der Waals surface area contributed by atoms with Gasteiger partial charge in [-0.3, -0.25) is 24.3 Å². The second kappa shape index (κ2) is 13.7. The zero-order valence-corrected chi connectivity index (χ0v) is 26.4. The molecular formula is C36H30N4O6S. The number of non-ortho nitro benzene ring substituents is 1. The Hall–Kier alpha value is -5.81. The zero-order chi connectivity index (χ0) is 32.9. The van der Waals surface area contributed by atoms with Gasteiger partial charge in [0, 0.05) is 17.8 Å². The summed E-state index contributed by atoms with van der Waals surface area (Å²) in [4.78, 5) is 43.4. The Kier molecular flexibility index (Phi) is 9.07. The molecule has 0 spiro atoms. The molecule has 47 heavy (non-hydrogen) atoms. The molecule has 0 saturated carbocycles. The molecule has 0 unspecified atom stereocenters. The highest BCUT2D eigenvalue weighted by atomic mass is 32.1. The Morgan fingerprint density at radius 1 is 0.957 bits per heavy atom. The molecule has 1 atom stereocenters. The van der Waals surface area contributed by atoms with Crippen LogP contribution in [-0.2, 0) is 11.4 Å². The third-order valence-electron chi connectivity index (χ3n) is 7.54. The van der Waals surface area contributed by atoms with Crippen molar-refractivity contribution in [2.24, 2.45) is 4.99 Å². The number of fused-ring (bicyclic) bond motifs is 1. The van der Waals surface area contributed by atoms with Crippen molar-refractivity contribution in [3.63, 3.8) is 0 Å². The molecule has 1 N–H and O–H groups in total. The number of nitrogens with one attached hydrogen (secondary N) is 1. The van der Waals surface area contributed by atoms with Crippen LogP contribution in [-0.4, -0.2) is 22.0 Å². The summed E-state index contributed by atoms with van der Waals surface area (Å²) in [6.45, 7) is 4.47. The SMILES string of the molecule is CCOc1ccc([C@@H]2C(C(=O)Nc3ccccc3)=C(C)N=c3s/c(=C\c4ccc(OCc5ccc([N+](=O)[O-])cc5)cc4)c(=O)n32)cc1. The molecule has 1 amide bonds. The number of rotatable bonds is 10. The fourth-order valence-electron chi connectivity index (χ4n) is 5.25. The van der Waals surface area contributed by atoms with E-state index in [1.54, 1.807) is 54.0 Å². The first-order chi connectivity index (χ1) is 22.8. The standard InChI is InChI=1S/C36H30N4O6S/c1-3-45-29-19-13-26(14-20-29)33-32(34(41)38-27-7-5-4-6-8-27)23(2)37-36-39(33)35(42)31(47-36)21-24-11-17-30(18-12-24)46-22-25-9-15-28(16-10-25)40(43)44/h4-21,33H,3,22H2,1-2H3,(H,38,41)/b31-21-/t33-/m1/s1. The summed E-state index contributed by atoms with van der Waals surface area (Å²) in [6.07, 6.45) is 1.79. The Balaban J connectivity index is 1.31. The number of carbonyl (C=O) groups is 1. The van der Waals surface area contributed by atoms with Crippen molar-refractivity contribution in [1.29, 1.82) is 0 Å². The first kappa shape index (κ1) is 31.2. The van der Waals surface area contributed by atoms with Gasteiger partial charge in [-0.2, -0.15) is 0 Å². The minimum absolute atomic E-state index is 0.0241. The average Bonchev–Trinajstić information content (AvgIpc) is 3.38. The van der Waals surface area contributed by atoms with E-state index in [1.165, 1.54) is 23.5 Å². The molecule has 1 aliphatic rings. The van der Waals surface area contributed by atoms with Crippen LogP contribution >= 0.6 is 11.3 Å². The third kappa shape index (κ3) is 6.90. The van der Waals surface area contributed by atoms with Crippen LogP contribution < -0.4 is 29.7 Å². The average molecular weight is 647 g/mol. The fourth-order valence-corrected chi connectivity index (χ4v) is 6.30. The summed E-state index contributed by atoms with van der Waals surface area (Å²) in [5, 5.41) is 13.8. The lowest BCUT2D eigenvalue weighted by atomic mass is 9.95. The molecule has 0 bridgehead atoms. The number of hydrogen-bond donors (Lipinski definition) is 1. The van der Waals surface area contributed by atoms with Crippen LogP contribution in [0, 0.1) is 10.1 Å². The summed E-state index contributed by atoms with van der Waals surface area (Å²) in [5.41, 5.74) is 3.65. The van der Waals surface area contributed by atoms with Gasteiger partial charge in [0.2, 0.25) is 0 Å². The predicted molar refractivity (Wildman–Crippen MR) is 180 cm³/mol. The van der Waals surface area contributed by atoms with Gasteiger partial charge in [0.15, 0.2) is 4.80 Å². The number of ether oxygens (including phenoxy) is 2. The first-order valence-electron chi connectivity index (χ1n) is 14.9. The lowest BCUT2D eigenvalue weighted by molar-refractivity contribution is -0.384. The van der Waals surface area contributed by atoms with Crippen LogP contribution in [0.5, 0.6) is 11.5 Å². The van der Waals surface area contributed by atoms with E-state index in [-0.39, 0.29) is 23.8 Å². The summed E-state index contributed by atoms with van der Waals surface area (Å²) < 4.78 is 13.5. The number of aromatic nitrogens is 1. The number of hydrogen-bond acceptors (Lipinski definition) is 8. The lowest BCUT2D eigenvalue weighted by Gasteiger charge is -2.25. The first-order valence-corrected chi connectivity index (χ1v) is 15.7. The van der Waals surface area contributed by atoms with E-state index in [9.17, 15) is 19.7 Å². The number of para-hydroxylation sites is 1. The second-order valence-corrected chi connectivity index (χ2v) is 11.7. The number of amides is 1. The van der Waals surface area contributed by atoms with Gasteiger partial charge in [0.05, 0.1) is 33.4 Å². The van der Waals surface area contributed by atoms with Crippen molar-refractivity contribution in [2.75, 3.05) is 11.9 Å². The number of carbonyl (C=O) groups excluding carboxylic acids is 1. The highest BCUT2D eigenvalue weighted by molar-refractivity contribution is 7.07. The quantitative estimate of drug-likeness (QED) is 0.152. The molecule has 0 aliphatic carbocycles. The molecule has 0 fully saturated rings. The smallest absolute Gasteiger partial charge is 0.271 e. The molecule has 0 radical (unpaired) electrons. The molecule has 5 aromatic rings. The number of anilines is 1. The Morgan fingerprint density at radius 3 is 2.28 bits per heavy atom. The molecule has 1 aromatic heterocycles. The Morgan fingerprint density at radius 2 is 1.62 bits per heavy atom. The predicted octanol–water partition coefficient (Wildman–Crippen LogP) is 5.76. The third-order valence-corrected chi connectivity index (χ3v) is 8.52. The summed E-state index contributed by atoms with van der Waals surface area (Å²) >= 11 is 1.26. The summed E-state index contributed by atoms with van der Waals surface area (Å²) in [5.74, 6) is 0.969. The number of benzene rings is 4. The van der Waals surface area contributed by atoms with Crippen molar-refractivity contribution in [3.8, 4) is 11.5 Å². The topological polar surface area (TPSA) is 125 Å². The molecular weight excluding hydrogens is 616 g/mol. The minimum Gasteiger partial charge on any atom is -0.494 e. The van der Waals surface area contributed by atoms with Crippen molar-refractivity contribution >= 4 is 34.7 Å². The van der Waals surface area contributed by atoms with Gasteiger partial charge in [0.25, 0.3) is 17.2 Å². The van der Waals surface area contributed by atoms with E-state index < -0.39 is 11.0 Å². The molecule has 0 saturated heterocycles. The number of nitro benzene ring substituents is 1. The van der Waals surface area contributed by atoms with Gasteiger partial charge in [-0.25, -0.2) is 4.99 Å². The van der Waals surface area contributed by atoms with E-state index in [1.807, 2.05) is 61.5 Å². The zero-order valence-electron chi connectivity index (χ0n) is 25.6. The van der Waals surface area contributed by atoms with Gasteiger partial charge >= 0.3 is 0 Å². The highest BCUT2D eigenvalue weighted by Crippen LogP contribution is 2.32. The van der Waals surface area contributed by atoms with Crippen molar-refractivity contribution in [2.45, 2.75) is 26.5 Å². The lowest BCUT2D eigenvalue weighted by Crippen LogP contribution is -2.40. The number of nitrogens with zero attached hydrogens (tertiary/aromatic N) is 3. The van der Waals surface area contributed by atoms with Crippen molar-refractivity contribution < 1.29 is 19.2 Å². The van der Waals surface area contributed by atoms with Crippen LogP contribution in [0.25, 0.3) is 6.08 Å². The molecule has 6 rings (SSSR count). The van der Waals surface area contributed by atoms with E-state index in [2.05, 4.69) is 5.32 Å². The number of thiazole rings is 1. The molecule has 11 heteroatoms. The molecule has 4 aromatic carbocycles. The van der Waals surface area contributed by atoms with Gasteiger partial charge in [-0.1, -0.05) is 53.8 Å². The van der Waals surface area contributed by atoms with Crippen LogP contribution in [0.3, 0.4) is 0 Å². The Labute approximate surface area is 273 Å². The van der Waals surface area contributed by atoms with Gasteiger partial charge in [-0.05, 0) is 85.1 Å². The largest absolute Gasteiger partial charge is 0.494 e. The molecule has 2 heterocycles. The monoisotopic (exact) mass is 646 g/mol. The summed E-state index contributed by atoms with van der Waals surface area (Å²) in [7, 11) is 0. The molecule has 1 aliphatic heterocycles. The normalized spacial score (nSPS) is 14.3. The van der Waals surface area contributed by atoms with E-state index in [0.717, 1.165) is 16.7 Å². The minimum atomic E-state index is -0.706.